The molecule has 0 saturated carbocycles. The van der Waals surface area contributed by atoms with Crippen LogP contribution < -0.4 is 4.57 Å². The van der Waals surface area contributed by atoms with Gasteiger partial charge in [0.25, 0.3) is 5.91 Å². The van der Waals surface area contributed by atoms with Crippen LogP contribution in [0.5, 0.6) is 0 Å². The van der Waals surface area contributed by atoms with Crippen molar-refractivity contribution in [2.75, 3.05) is 27.3 Å². The number of carbonyl (C=O) groups is 2. The second-order valence-corrected chi connectivity index (χ2v) is 5.44. The molecule has 1 saturated heterocycles. The molecule has 1 atom stereocenters. The molecule has 8 heteroatoms. The third kappa shape index (κ3) is 1.94. The van der Waals surface area contributed by atoms with Crippen molar-refractivity contribution in [2.45, 2.75) is 26.4 Å². The molecular formula is C14H20N5O3+. The topological polar surface area (TPSA) is 71.0 Å². The first-order valence-electron chi connectivity index (χ1n) is 7.30. The van der Waals surface area contributed by atoms with Crippen LogP contribution in [0, 0.1) is 6.92 Å². The number of aromatic nitrogens is 2. The maximum atomic E-state index is 12.4. The Labute approximate surface area is 128 Å². The molecule has 0 spiro atoms. The smallest absolute Gasteiger partial charge is 0.378 e. The van der Waals surface area contributed by atoms with Gasteiger partial charge in [-0.15, -0.1) is 0 Å². The number of urea groups is 1. The molecule has 1 aromatic rings. The van der Waals surface area contributed by atoms with E-state index < -0.39 is 6.04 Å². The lowest BCUT2D eigenvalue weighted by Gasteiger charge is -2.30. The van der Waals surface area contributed by atoms with Crippen LogP contribution in [0.4, 0.5) is 10.7 Å². The van der Waals surface area contributed by atoms with Gasteiger partial charge in [-0.05, 0) is 13.8 Å². The predicted molar refractivity (Wildman–Crippen MR) is 77.9 cm³/mol. The SMILES string of the molecule is CCOCCn1c(C)c[n+]2c1N=C1C2C(=O)N(C)C(=O)N1C. The van der Waals surface area contributed by atoms with Crippen LogP contribution in [-0.4, -0.2) is 59.4 Å². The van der Waals surface area contributed by atoms with Crippen molar-refractivity contribution >= 4 is 23.7 Å². The highest BCUT2D eigenvalue weighted by Crippen LogP contribution is 2.28. The quantitative estimate of drug-likeness (QED) is 0.590. The maximum Gasteiger partial charge on any atom is 0.402 e. The van der Waals surface area contributed by atoms with Crippen molar-refractivity contribution in [3.63, 3.8) is 0 Å². The standard InChI is InChI=1S/C14H20N5O3/c1-5-22-7-6-18-9(2)8-19-10-11(15-13(18)19)16(3)14(21)17(4)12(10)20/h8,10H,5-7H2,1-4H3/q+1. The Morgan fingerprint density at radius 1 is 1.32 bits per heavy atom. The van der Waals surface area contributed by atoms with Gasteiger partial charge in [-0.2, -0.15) is 0 Å². The fourth-order valence-corrected chi connectivity index (χ4v) is 2.89. The Morgan fingerprint density at radius 2 is 2.05 bits per heavy atom. The number of imide groups is 1. The molecule has 1 fully saturated rings. The number of likely N-dealkylation sites (N-methyl/N-ethyl adjacent to an activating group) is 2. The summed E-state index contributed by atoms with van der Waals surface area (Å²) in [5.74, 6) is 0.904. The zero-order valence-corrected chi connectivity index (χ0v) is 13.2. The monoisotopic (exact) mass is 306 g/mol. The minimum absolute atomic E-state index is 0.257. The Hall–Kier alpha value is -2.22. The average Bonchev–Trinajstić information content (AvgIpc) is 2.99. The number of fused-ring (bicyclic) bond motifs is 3. The molecule has 0 N–H and O–H groups in total. The number of amidine groups is 1. The number of aliphatic imine (C=N–C) groups is 1. The lowest BCUT2D eigenvalue weighted by atomic mass is 10.2. The Bertz CT molecular complexity index is 678. The van der Waals surface area contributed by atoms with Gasteiger partial charge in [-0.25, -0.2) is 13.9 Å². The first-order chi connectivity index (χ1) is 10.5. The van der Waals surface area contributed by atoms with E-state index in [1.807, 2.05) is 29.2 Å². The molecule has 3 rings (SSSR count). The Kier molecular flexibility index (Phi) is 3.48. The molecular weight excluding hydrogens is 286 g/mol. The number of carbonyl (C=O) groups excluding carboxylic acids is 2. The van der Waals surface area contributed by atoms with E-state index in [4.69, 9.17) is 4.74 Å². The van der Waals surface area contributed by atoms with Gasteiger partial charge in [0, 0.05) is 20.7 Å². The minimum Gasteiger partial charge on any atom is -0.378 e. The van der Waals surface area contributed by atoms with E-state index in [0.717, 1.165) is 10.6 Å². The summed E-state index contributed by atoms with van der Waals surface area (Å²) in [4.78, 5) is 31.6. The van der Waals surface area contributed by atoms with Gasteiger partial charge in [-0.1, -0.05) is 4.99 Å². The van der Waals surface area contributed by atoms with Crippen molar-refractivity contribution in [3.05, 3.63) is 11.9 Å². The minimum atomic E-state index is -0.560. The molecule has 22 heavy (non-hydrogen) atoms. The highest BCUT2D eigenvalue weighted by molar-refractivity contribution is 6.18. The fraction of sp³-hybridized carbons (Fsp3) is 0.571. The first kappa shape index (κ1) is 14.7. The number of amides is 3. The fourth-order valence-electron chi connectivity index (χ4n) is 2.89. The van der Waals surface area contributed by atoms with E-state index in [0.29, 0.717) is 31.5 Å². The summed E-state index contributed by atoms with van der Waals surface area (Å²) < 4.78 is 9.24. The van der Waals surface area contributed by atoms with Crippen LogP contribution in [0.15, 0.2) is 11.2 Å². The van der Waals surface area contributed by atoms with Crippen molar-refractivity contribution in [3.8, 4) is 0 Å². The van der Waals surface area contributed by atoms with Gasteiger partial charge in [0.15, 0.2) is 0 Å². The molecule has 2 aliphatic heterocycles. The third-order valence-corrected chi connectivity index (χ3v) is 4.11. The summed E-state index contributed by atoms with van der Waals surface area (Å²) in [5.41, 5.74) is 1.01. The molecule has 1 unspecified atom stereocenters. The molecule has 0 aliphatic carbocycles. The largest absolute Gasteiger partial charge is 0.402 e. The van der Waals surface area contributed by atoms with Crippen molar-refractivity contribution in [2.24, 2.45) is 4.99 Å². The van der Waals surface area contributed by atoms with E-state index in [1.54, 1.807) is 7.05 Å². The van der Waals surface area contributed by atoms with Crippen LogP contribution in [0.25, 0.3) is 0 Å². The number of hydrogen-bond donors (Lipinski definition) is 0. The average molecular weight is 306 g/mol. The molecule has 1 aromatic heterocycles. The number of aryl methyl sites for hydroxylation is 1. The molecule has 0 aromatic carbocycles. The third-order valence-electron chi connectivity index (χ3n) is 4.11. The molecule has 3 amide bonds. The highest BCUT2D eigenvalue weighted by atomic mass is 16.5. The second kappa shape index (κ2) is 5.20. The van der Waals surface area contributed by atoms with Gasteiger partial charge >= 0.3 is 12.0 Å². The lowest BCUT2D eigenvalue weighted by molar-refractivity contribution is -0.677. The summed E-state index contributed by atoms with van der Waals surface area (Å²) in [6.07, 6.45) is 1.90. The lowest BCUT2D eigenvalue weighted by Crippen LogP contribution is -2.61. The van der Waals surface area contributed by atoms with Crippen molar-refractivity contribution in [1.82, 2.24) is 14.4 Å². The van der Waals surface area contributed by atoms with E-state index in [-0.39, 0.29) is 11.9 Å². The van der Waals surface area contributed by atoms with Crippen LogP contribution >= 0.6 is 0 Å². The molecule has 3 heterocycles. The summed E-state index contributed by atoms with van der Waals surface area (Å²) in [5, 5.41) is 0. The first-order valence-corrected chi connectivity index (χ1v) is 7.30. The second-order valence-electron chi connectivity index (χ2n) is 5.44. The summed E-state index contributed by atoms with van der Waals surface area (Å²) in [7, 11) is 3.14. The molecule has 8 nitrogen and oxygen atoms in total. The zero-order chi connectivity index (χ0) is 16.0. The molecule has 118 valence electrons. The van der Waals surface area contributed by atoms with Crippen LogP contribution in [-0.2, 0) is 16.1 Å². The summed E-state index contributed by atoms with van der Waals surface area (Å²) in [6.45, 7) is 5.82. The Balaban J connectivity index is 2.00. The van der Waals surface area contributed by atoms with Gasteiger partial charge in [0.2, 0.25) is 11.9 Å². The van der Waals surface area contributed by atoms with E-state index in [2.05, 4.69) is 4.99 Å². The number of ether oxygens (including phenoxy) is 1. The number of imidazole rings is 1. The van der Waals surface area contributed by atoms with E-state index >= 15 is 0 Å². The summed E-state index contributed by atoms with van der Waals surface area (Å²) in [6, 6.07) is -0.918. The predicted octanol–water partition coefficient (Wildman–Crippen LogP) is 0.229. The number of nitrogens with zero attached hydrogens (tertiary/aromatic N) is 5. The van der Waals surface area contributed by atoms with Gasteiger partial charge in [0.05, 0.1) is 13.2 Å². The van der Waals surface area contributed by atoms with Crippen LogP contribution in [0.2, 0.25) is 0 Å². The molecule has 0 bridgehead atoms. The maximum absolute atomic E-state index is 12.4. The molecule has 2 aliphatic rings. The van der Waals surface area contributed by atoms with E-state index in [1.165, 1.54) is 11.9 Å². The van der Waals surface area contributed by atoms with E-state index in [9.17, 15) is 9.59 Å². The Morgan fingerprint density at radius 3 is 2.73 bits per heavy atom. The van der Waals surface area contributed by atoms with Gasteiger partial charge in [0.1, 0.15) is 11.9 Å². The van der Waals surface area contributed by atoms with Crippen molar-refractivity contribution in [1.29, 1.82) is 0 Å². The number of hydrogen-bond acceptors (Lipinski definition) is 4. The normalized spacial score (nSPS) is 20.4. The molecule has 0 radical (unpaired) electrons. The van der Waals surface area contributed by atoms with Gasteiger partial charge in [-0.3, -0.25) is 14.6 Å². The zero-order valence-electron chi connectivity index (χ0n) is 13.2. The van der Waals surface area contributed by atoms with Crippen LogP contribution in [0.3, 0.4) is 0 Å². The number of rotatable bonds is 4. The van der Waals surface area contributed by atoms with Gasteiger partial charge < -0.3 is 4.74 Å². The highest BCUT2D eigenvalue weighted by Gasteiger charge is 2.52. The summed E-state index contributed by atoms with van der Waals surface area (Å²) >= 11 is 0. The van der Waals surface area contributed by atoms with Crippen molar-refractivity contribution < 1.29 is 18.9 Å². The van der Waals surface area contributed by atoms with Crippen LogP contribution in [0.1, 0.15) is 18.7 Å².